The number of pyridine rings is 1. The number of nitrogens with zero attached hydrogens (tertiary/aromatic N) is 1. The molecule has 3 amide bonds. The number of alkyl halides is 3. The number of carbonyl (C=O) groups is 2. The van der Waals surface area contributed by atoms with Crippen LogP contribution in [0.4, 0.5) is 29.3 Å². The lowest BCUT2D eigenvalue weighted by molar-refractivity contribution is -0.137. The minimum absolute atomic E-state index is 0.0351. The number of benzene rings is 2. The van der Waals surface area contributed by atoms with Gasteiger partial charge in [0.15, 0.2) is 0 Å². The minimum atomic E-state index is -4.71. The molecule has 0 atom stereocenters. The van der Waals surface area contributed by atoms with Crippen molar-refractivity contribution in [3.8, 4) is 17.2 Å². The topological polar surface area (TPSA) is 102 Å². The number of hydrogen-bond acceptors (Lipinski definition) is 5. The van der Waals surface area contributed by atoms with Gasteiger partial charge in [-0.05, 0) is 42.8 Å². The summed E-state index contributed by atoms with van der Waals surface area (Å²) in [5, 5.41) is 6.83. The Morgan fingerprint density at radius 1 is 1.00 bits per heavy atom. The predicted molar refractivity (Wildman–Crippen MR) is 125 cm³/mol. The zero-order valence-corrected chi connectivity index (χ0v) is 19.5. The molecule has 3 rings (SSSR count). The molecule has 3 aromatic rings. The van der Waals surface area contributed by atoms with E-state index in [1.165, 1.54) is 26.4 Å². The summed E-state index contributed by atoms with van der Waals surface area (Å²) < 4.78 is 50.3. The molecular weight excluding hydrogens is 489 g/mol. The third kappa shape index (κ3) is 6.33. The zero-order valence-electron chi connectivity index (χ0n) is 18.7. The first-order valence-electron chi connectivity index (χ1n) is 10.0. The summed E-state index contributed by atoms with van der Waals surface area (Å²) >= 11 is 5.69. The van der Waals surface area contributed by atoms with Crippen molar-refractivity contribution < 1.29 is 32.2 Å². The largest absolute Gasteiger partial charge is 0.495 e. The highest BCUT2D eigenvalue weighted by Crippen LogP contribution is 2.40. The van der Waals surface area contributed by atoms with Crippen LogP contribution >= 0.6 is 11.6 Å². The van der Waals surface area contributed by atoms with E-state index in [1.807, 2.05) is 0 Å². The summed E-state index contributed by atoms with van der Waals surface area (Å²) in [6.07, 6.45) is -3.28. The maximum absolute atomic E-state index is 13.2. The maximum atomic E-state index is 13.2. The van der Waals surface area contributed by atoms with Crippen LogP contribution in [-0.2, 0) is 6.18 Å². The fraction of sp³-hybridized carbons (Fsp3) is 0.174. The average molecular weight is 509 g/mol. The standard InChI is InChI=1S/C23H20ClF3N4O4/c1-12-8-13(35-14-6-7-29-19(9-14)21(32)28-2)4-5-17(12)30-22(33)31-18-10-15(23(25,26)27)16(24)11-20(18)34-3/h4-11H,1-3H3,(H,28,32)(H2,30,31,33). The molecule has 0 spiro atoms. The second-order valence-corrected chi connectivity index (χ2v) is 7.55. The first kappa shape index (κ1) is 25.6. The van der Waals surface area contributed by atoms with Gasteiger partial charge >= 0.3 is 12.2 Å². The van der Waals surface area contributed by atoms with Gasteiger partial charge < -0.3 is 25.4 Å². The molecule has 1 heterocycles. The molecule has 0 aliphatic heterocycles. The Morgan fingerprint density at radius 2 is 1.69 bits per heavy atom. The number of hydrogen-bond donors (Lipinski definition) is 3. The number of carbonyl (C=O) groups excluding carboxylic acids is 2. The summed E-state index contributed by atoms with van der Waals surface area (Å²) in [5.74, 6) is 0.410. The van der Waals surface area contributed by atoms with Crippen LogP contribution in [0.3, 0.4) is 0 Å². The van der Waals surface area contributed by atoms with Crippen LogP contribution in [0.15, 0.2) is 48.7 Å². The van der Waals surface area contributed by atoms with Crippen LogP contribution < -0.4 is 25.4 Å². The van der Waals surface area contributed by atoms with E-state index in [4.69, 9.17) is 21.1 Å². The first-order valence-corrected chi connectivity index (χ1v) is 10.4. The molecule has 0 saturated heterocycles. The van der Waals surface area contributed by atoms with E-state index < -0.39 is 22.8 Å². The SMILES string of the molecule is CNC(=O)c1cc(Oc2ccc(NC(=O)Nc3cc(C(F)(F)F)c(Cl)cc3OC)c(C)c2)ccn1. The van der Waals surface area contributed by atoms with Crippen LogP contribution in [-0.4, -0.2) is 31.1 Å². The molecule has 8 nitrogen and oxygen atoms in total. The van der Waals surface area contributed by atoms with Crippen molar-refractivity contribution in [2.45, 2.75) is 13.1 Å². The molecule has 0 unspecified atom stereocenters. The number of nitrogens with one attached hydrogen (secondary N) is 3. The van der Waals surface area contributed by atoms with Crippen molar-refractivity contribution in [1.82, 2.24) is 10.3 Å². The Balaban J connectivity index is 1.74. The van der Waals surface area contributed by atoms with Crippen molar-refractivity contribution >= 4 is 34.9 Å². The smallest absolute Gasteiger partial charge is 0.417 e. The fourth-order valence-electron chi connectivity index (χ4n) is 3.02. The van der Waals surface area contributed by atoms with E-state index in [0.29, 0.717) is 28.8 Å². The van der Waals surface area contributed by atoms with E-state index in [9.17, 15) is 22.8 Å². The van der Waals surface area contributed by atoms with Crippen molar-refractivity contribution in [1.29, 1.82) is 0 Å². The van der Waals surface area contributed by atoms with Gasteiger partial charge in [0, 0.05) is 31.1 Å². The summed E-state index contributed by atoms with van der Waals surface area (Å²) in [6.45, 7) is 1.70. The Morgan fingerprint density at radius 3 is 2.31 bits per heavy atom. The number of aryl methyl sites for hydroxylation is 1. The molecular formula is C23H20ClF3N4O4. The van der Waals surface area contributed by atoms with Gasteiger partial charge in [-0.2, -0.15) is 13.2 Å². The number of urea groups is 1. The number of rotatable bonds is 6. The molecule has 12 heteroatoms. The molecule has 0 saturated carbocycles. The molecule has 1 aromatic heterocycles. The van der Waals surface area contributed by atoms with Gasteiger partial charge in [-0.15, -0.1) is 0 Å². The first-order chi connectivity index (χ1) is 16.5. The quantitative estimate of drug-likeness (QED) is 0.387. The second-order valence-electron chi connectivity index (χ2n) is 7.14. The lowest BCUT2D eigenvalue weighted by Gasteiger charge is -2.16. The molecule has 184 valence electrons. The highest BCUT2D eigenvalue weighted by molar-refractivity contribution is 6.31. The molecule has 3 N–H and O–H groups in total. The Bertz CT molecular complexity index is 1270. The van der Waals surface area contributed by atoms with Crippen molar-refractivity contribution in [2.24, 2.45) is 0 Å². The monoisotopic (exact) mass is 508 g/mol. The number of amides is 3. The summed E-state index contributed by atoms with van der Waals surface area (Å²) in [6, 6.07) is 8.72. The lowest BCUT2D eigenvalue weighted by Crippen LogP contribution is -2.21. The normalized spacial score (nSPS) is 10.9. The second kappa shape index (κ2) is 10.5. The molecule has 2 aromatic carbocycles. The van der Waals surface area contributed by atoms with E-state index in [0.717, 1.165) is 6.07 Å². The van der Waals surface area contributed by atoms with Crippen molar-refractivity contribution in [3.05, 3.63) is 70.5 Å². The van der Waals surface area contributed by atoms with Crippen LogP contribution in [0.1, 0.15) is 21.6 Å². The molecule has 0 fully saturated rings. The molecule has 0 aliphatic carbocycles. The van der Waals surface area contributed by atoms with Crippen molar-refractivity contribution in [2.75, 3.05) is 24.8 Å². The van der Waals surface area contributed by atoms with E-state index in [1.54, 1.807) is 31.2 Å². The molecule has 0 aliphatic rings. The predicted octanol–water partition coefficient (Wildman–Crippen LogP) is 5.87. The van der Waals surface area contributed by atoms with Crippen LogP contribution in [0.2, 0.25) is 5.02 Å². The third-order valence-electron chi connectivity index (χ3n) is 4.72. The van der Waals surface area contributed by atoms with Gasteiger partial charge in [-0.3, -0.25) is 9.78 Å². The summed E-state index contributed by atoms with van der Waals surface area (Å²) in [7, 11) is 2.73. The molecule has 0 bridgehead atoms. The van der Waals surface area contributed by atoms with E-state index >= 15 is 0 Å². The van der Waals surface area contributed by atoms with Gasteiger partial charge in [0.1, 0.15) is 22.9 Å². The Labute approximate surface area is 203 Å². The summed E-state index contributed by atoms with van der Waals surface area (Å²) in [4.78, 5) is 28.2. The highest BCUT2D eigenvalue weighted by atomic mass is 35.5. The number of methoxy groups -OCH3 is 1. The fourth-order valence-corrected chi connectivity index (χ4v) is 3.28. The van der Waals surface area contributed by atoms with Gasteiger partial charge in [0.25, 0.3) is 5.91 Å². The summed E-state index contributed by atoms with van der Waals surface area (Å²) in [5.41, 5.74) is -0.132. The lowest BCUT2D eigenvalue weighted by atomic mass is 10.1. The maximum Gasteiger partial charge on any atom is 0.417 e. The van der Waals surface area contributed by atoms with E-state index in [2.05, 4.69) is 20.9 Å². The third-order valence-corrected chi connectivity index (χ3v) is 5.03. The van der Waals surface area contributed by atoms with Crippen LogP contribution in [0.5, 0.6) is 17.2 Å². The van der Waals surface area contributed by atoms with Gasteiger partial charge in [-0.25, -0.2) is 4.79 Å². The van der Waals surface area contributed by atoms with Crippen LogP contribution in [0.25, 0.3) is 0 Å². The van der Waals surface area contributed by atoms with Crippen LogP contribution in [0, 0.1) is 6.92 Å². The Kier molecular flexibility index (Phi) is 7.70. The van der Waals surface area contributed by atoms with E-state index in [-0.39, 0.29) is 23.0 Å². The van der Waals surface area contributed by atoms with Crippen molar-refractivity contribution in [3.63, 3.8) is 0 Å². The average Bonchev–Trinajstić information content (AvgIpc) is 2.80. The number of ether oxygens (including phenoxy) is 2. The molecule has 0 radical (unpaired) electrons. The Hall–Kier alpha value is -3.99. The number of anilines is 2. The zero-order chi connectivity index (χ0) is 25.8. The van der Waals surface area contributed by atoms with Gasteiger partial charge in [0.05, 0.1) is 23.4 Å². The minimum Gasteiger partial charge on any atom is -0.495 e. The highest BCUT2D eigenvalue weighted by Gasteiger charge is 2.34. The molecule has 35 heavy (non-hydrogen) atoms. The number of halogens is 4. The van der Waals surface area contributed by atoms with Gasteiger partial charge in [-0.1, -0.05) is 11.6 Å². The number of aromatic nitrogens is 1. The van der Waals surface area contributed by atoms with Gasteiger partial charge in [0.2, 0.25) is 0 Å².